The molecular formula is C27H26N4O4. The van der Waals surface area contributed by atoms with E-state index in [-0.39, 0.29) is 11.3 Å². The highest BCUT2D eigenvalue weighted by Gasteiger charge is 2.47. The summed E-state index contributed by atoms with van der Waals surface area (Å²) in [6, 6.07) is 15.3. The first-order valence-corrected chi connectivity index (χ1v) is 11.3. The van der Waals surface area contributed by atoms with Gasteiger partial charge in [-0.25, -0.2) is 0 Å². The van der Waals surface area contributed by atoms with Gasteiger partial charge in [0.2, 0.25) is 0 Å². The van der Waals surface area contributed by atoms with Gasteiger partial charge in [-0.1, -0.05) is 0 Å². The Hall–Kier alpha value is -4.33. The monoisotopic (exact) mass is 470 g/mol. The van der Waals surface area contributed by atoms with Crippen LogP contribution < -0.4 is 19.4 Å². The molecule has 0 radical (unpaired) electrons. The number of aliphatic hydroxyl groups excluding tert-OH is 1. The summed E-state index contributed by atoms with van der Waals surface area (Å²) < 4.78 is 5.70. The minimum atomic E-state index is -0.798. The molecule has 1 saturated heterocycles. The van der Waals surface area contributed by atoms with Gasteiger partial charge >= 0.3 is 0 Å². The summed E-state index contributed by atoms with van der Waals surface area (Å²) in [5, 5.41) is 11.4. The van der Waals surface area contributed by atoms with Crippen molar-refractivity contribution in [2.75, 3.05) is 49.0 Å². The van der Waals surface area contributed by atoms with Crippen molar-refractivity contribution >= 4 is 34.5 Å². The normalized spacial score (nSPS) is 18.9. The molecule has 8 heteroatoms. The maximum Gasteiger partial charge on any atom is 0.300 e. The molecule has 0 saturated carbocycles. The number of Topliss-reactive ketones (excluding diaryl/α,β-unsaturated/α-hetero) is 1. The van der Waals surface area contributed by atoms with Crippen molar-refractivity contribution in [1.82, 2.24) is 4.98 Å². The number of rotatable bonds is 4. The van der Waals surface area contributed by atoms with Crippen molar-refractivity contribution < 1.29 is 19.4 Å². The molecule has 3 aromatic rings. The third-order valence-electron chi connectivity index (χ3n) is 6.44. The van der Waals surface area contributed by atoms with Crippen LogP contribution in [0.5, 0.6) is 5.75 Å². The number of fused-ring (bicyclic) bond motifs is 1. The van der Waals surface area contributed by atoms with Crippen molar-refractivity contribution in [3.8, 4) is 5.75 Å². The van der Waals surface area contributed by atoms with Gasteiger partial charge in [-0.3, -0.25) is 19.5 Å². The first-order chi connectivity index (χ1) is 16.9. The summed E-state index contributed by atoms with van der Waals surface area (Å²) in [5.41, 5.74) is 3.51. The molecule has 35 heavy (non-hydrogen) atoms. The predicted molar refractivity (Wildman–Crippen MR) is 135 cm³/mol. The number of hydrogen-bond acceptors (Lipinski definition) is 7. The molecule has 1 atom stereocenters. The van der Waals surface area contributed by atoms with Gasteiger partial charge < -0.3 is 19.6 Å². The summed E-state index contributed by atoms with van der Waals surface area (Å²) in [6.07, 6.45) is 3.21. The fraction of sp³-hybridized carbons (Fsp3) is 0.222. The van der Waals surface area contributed by atoms with Crippen LogP contribution in [0, 0.1) is 0 Å². The molecule has 0 aliphatic carbocycles. The number of carbonyl (C=O) groups is 2. The summed E-state index contributed by atoms with van der Waals surface area (Å²) in [7, 11) is 5.80. The summed E-state index contributed by atoms with van der Waals surface area (Å²) >= 11 is 0. The lowest BCUT2D eigenvalue weighted by Crippen LogP contribution is -2.29. The van der Waals surface area contributed by atoms with Crippen LogP contribution in [0.3, 0.4) is 0 Å². The largest absolute Gasteiger partial charge is 0.507 e. The Labute approximate surface area is 203 Å². The minimum Gasteiger partial charge on any atom is -0.507 e. The molecule has 1 fully saturated rings. The molecule has 8 nitrogen and oxygen atoms in total. The van der Waals surface area contributed by atoms with Crippen molar-refractivity contribution in [2.45, 2.75) is 6.04 Å². The van der Waals surface area contributed by atoms with E-state index in [0.717, 1.165) is 11.4 Å². The Balaban J connectivity index is 1.66. The number of benzene rings is 2. The van der Waals surface area contributed by atoms with Crippen LogP contribution in [-0.4, -0.2) is 56.1 Å². The van der Waals surface area contributed by atoms with E-state index in [1.807, 2.05) is 43.1 Å². The number of carbonyl (C=O) groups excluding carboxylic acids is 2. The number of ketones is 1. The van der Waals surface area contributed by atoms with Crippen molar-refractivity contribution in [3.05, 3.63) is 83.7 Å². The Bertz CT molecular complexity index is 1320. The van der Waals surface area contributed by atoms with Crippen molar-refractivity contribution in [1.29, 1.82) is 0 Å². The zero-order valence-corrected chi connectivity index (χ0v) is 19.8. The average Bonchev–Trinajstić information content (AvgIpc) is 3.14. The van der Waals surface area contributed by atoms with Crippen LogP contribution in [-0.2, 0) is 9.59 Å². The van der Waals surface area contributed by atoms with E-state index in [2.05, 4.69) is 4.98 Å². The number of pyridine rings is 1. The SMILES string of the molecule is CN(C)c1ccc(N2C(=O)C(=O)/C(=C(\O)c3ccc4c(c3)N(C)CCO4)C2c2ccncc2)cc1. The average molecular weight is 471 g/mol. The number of amides is 1. The molecule has 2 aliphatic heterocycles. The predicted octanol–water partition coefficient (Wildman–Crippen LogP) is 3.60. The number of hydrogen-bond donors (Lipinski definition) is 1. The highest BCUT2D eigenvalue weighted by atomic mass is 16.5. The van der Waals surface area contributed by atoms with E-state index < -0.39 is 17.7 Å². The Morgan fingerprint density at radius 1 is 1.06 bits per heavy atom. The molecule has 3 heterocycles. The van der Waals surface area contributed by atoms with E-state index >= 15 is 0 Å². The first-order valence-electron chi connectivity index (χ1n) is 11.3. The second kappa shape index (κ2) is 8.79. The fourth-order valence-electron chi connectivity index (χ4n) is 4.52. The highest BCUT2D eigenvalue weighted by Crippen LogP contribution is 2.43. The van der Waals surface area contributed by atoms with Gasteiger partial charge in [0.05, 0.1) is 23.8 Å². The topological polar surface area (TPSA) is 86.2 Å². The Morgan fingerprint density at radius 2 is 1.77 bits per heavy atom. The van der Waals surface area contributed by atoms with E-state index in [0.29, 0.717) is 35.7 Å². The van der Waals surface area contributed by atoms with Crippen LogP contribution in [0.1, 0.15) is 17.2 Å². The third-order valence-corrected chi connectivity index (χ3v) is 6.44. The fourth-order valence-corrected chi connectivity index (χ4v) is 4.52. The standard InChI is InChI=1S/C27H26N4O4/c1-29(2)19-5-7-20(8-6-19)31-24(17-10-12-28-13-11-17)23(26(33)27(31)34)25(32)18-4-9-22-21(16-18)30(3)14-15-35-22/h4-13,16,24,32H,14-15H2,1-3H3/b25-23-. The molecule has 2 aromatic carbocycles. The zero-order valence-electron chi connectivity index (χ0n) is 19.8. The number of anilines is 3. The van der Waals surface area contributed by atoms with Crippen LogP contribution in [0.25, 0.3) is 5.76 Å². The lowest BCUT2D eigenvalue weighted by Gasteiger charge is -2.28. The van der Waals surface area contributed by atoms with Crippen LogP contribution in [0.2, 0.25) is 0 Å². The molecule has 2 aliphatic rings. The number of nitrogens with zero attached hydrogens (tertiary/aromatic N) is 4. The number of likely N-dealkylation sites (N-methyl/N-ethyl adjacent to an activating group) is 1. The lowest BCUT2D eigenvalue weighted by atomic mass is 9.95. The molecule has 5 rings (SSSR count). The lowest BCUT2D eigenvalue weighted by molar-refractivity contribution is -0.132. The maximum atomic E-state index is 13.3. The molecule has 0 spiro atoms. The first kappa shape index (κ1) is 22.5. The molecule has 1 unspecified atom stereocenters. The summed E-state index contributed by atoms with van der Waals surface area (Å²) in [4.78, 5) is 36.2. The highest BCUT2D eigenvalue weighted by molar-refractivity contribution is 6.51. The maximum absolute atomic E-state index is 13.3. The van der Waals surface area contributed by atoms with Crippen molar-refractivity contribution in [2.24, 2.45) is 0 Å². The second-order valence-electron chi connectivity index (χ2n) is 8.81. The molecule has 1 N–H and O–H groups in total. The van der Waals surface area contributed by atoms with Gasteiger partial charge in [-0.05, 0) is 60.2 Å². The number of aliphatic hydroxyl groups is 1. The van der Waals surface area contributed by atoms with Crippen molar-refractivity contribution in [3.63, 3.8) is 0 Å². The van der Waals surface area contributed by atoms with E-state index in [4.69, 9.17) is 4.74 Å². The molecular weight excluding hydrogens is 444 g/mol. The van der Waals surface area contributed by atoms with Gasteiger partial charge in [0, 0.05) is 50.5 Å². The summed E-state index contributed by atoms with van der Waals surface area (Å²) in [6.45, 7) is 1.29. The molecule has 0 bridgehead atoms. The van der Waals surface area contributed by atoms with E-state index in [1.54, 1.807) is 54.9 Å². The van der Waals surface area contributed by atoms with E-state index in [9.17, 15) is 14.7 Å². The van der Waals surface area contributed by atoms with Crippen LogP contribution in [0.4, 0.5) is 17.1 Å². The van der Waals surface area contributed by atoms with Gasteiger partial charge in [0.25, 0.3) is 11.7 Å². The minimum absolute atomic E-state index is 0.0391. The van der Waals surface area contributed by atoms with Crippen LogP contribution in [0.15, 0.2) is 72.6 Å². The van der Waals surface area contributed by atoms with Gasteiger partial charge in [0.1, 0.15) is 18.1 Å². The second-order valence-corrected chi connectivity index (χ2v) is 8.81. The number of ether oxygens (including phenoxy) is 1. The summed E-state index contributed by atoms with van der Waals surface area (Å²) in [5.74, 6) is -0.936. The molecule has 1 aromatic heterocycles. The van der Waals surface area contributed by atoms with Crippen LogP contribution >= 0.6 is 0 Å². The van der Waals surface area contributed by atoms with Gasteiger partial charge in [0.15, 0.2) is 0 Å². The van der Waals surface area contributed by atoms with Gasteiger partial charge in [-0.15, -0.1) is 0 Å². The third kappa shape index (κ3) is 3.86. The quantitative estimate of drug-likeness (QED) is 0.354. The van der Waals surface area contributed by atoms with E-state index in [1.165, 1.54) is 4.90 Å². The smallest absolute Gasteiger partial charge is 0.300 e. The molecule has 178 valence electrons. The zero-order chi connectivity index (χ0) is 24.7. The van der Waals surface area contributed by atoms with Gasteiger partial charge in [-0.2, -0.15) is 0 Å². The number of aromatic nitrogens is 1. The Morgan fingerprint density at radius 3 is 2.46 bits per heavy atom. The molecule has 1 amide bonds. The Kier molecular flexibility index (Phi) is 5.64.